The highest BCUT2D eigenvalue weighted by Crippen LogP contribution is 2.25. The highest BCUT2D eigenvalue weighted by Gasteiger charge is 2.33. The van der Waals surface area contributed by atoms with Gasteiger partial charge in [0.1, 0.15) is 11.4 Å². The second-order valence-electron chi connectivity index (χ2n) is 5.15. The van der Waals surface area contributed by atoms with Crippen LogP contribution in [0.5, 0.6) is 0 Å². The van der Waals surface area contributed by atoms with Crippen molar-refractivity contribution in [1.29, 1.82) is 0 Å². The van der Waals surface area contributed by atoms with Crippen LogP contribution in [0.2, 0.25) is 0 Å². The fourth-order valence-electron chi connectivity index (χ4n) is 1.95. The molecule has 0 aliphatic carbocycles. The molecule has 0 spiro atoms. The van der Waals surface area contributed by atoms with Crippen LogP contribution in [-0.2, 0) is 10.2 Å². The number of nitrogens with one attached hydrogen (secondary N) is 1. The van der Waals surface area contributed by atoms with Crippen LogP contribution in [-0.4, -0.2) is 11.1 Å². The molecule has 0 saturated heterocycles. The summed E-state index contributed by atoms with van der Waals surface area (Å²) in [5.41, 5.74) is 0.110. The summed E-state index contributed by atoms with van der Waals surface area (Å²) in [6.07, 6.45) is 0. The molecule has 0 bridgehead atoms. The van der Waals surface area contributed by atoms with Crippen molar-refractivity contribution in [2.45, 2.75) is 26.2 Å². The number of aryl methyl sites for hydroxylation is 1. The third-order valence-electron chi connectivity index (χ3n) is 3.36. The SMILES string of the molecule is Cc1cc2cc(C(C)(C)C(=O)NO)c(=O)oc2cc1F. The Balaban J connectivity index is 2.73. The number of amides is 1. The van der Waals surface area contributed by atoms with Gasteiger partial charge in [0.25, 0.3) is 5.91 Å². The second kappa shape index (κ2) is 4.72. The molecule has 0 unspecified atom stereocenters. The van der Waals surface area contributed by atoms with Crippen molar-refractivity contribution >= 4 is 16.9 Å². The minimum absolute atomic E-state index is 0.0857. The Hall–Kier alpha value is -2.21. The van der Waals surface area contributed by atoms with E-state index < -0.39 is 22.8 Å². The quantitative estimate of drug-likeness (QED) is 0.501. The zero-order chi connectivity index (χ0) is 15.1. The Morgan fingerprint density at radius 1 is 1.35 bits per heavy atom. The molecule has 2 N–H and O–H groups in total. The van der Waals surface area contributed by atoms with E-state index in [1.54, 1.807) is 6.92 Å². The van der Waals surface area contributed by atoms with Crippen LogP contribution in [0.1, 0.15) is 25.0 Å². The molecule has 1 amide bonds. The van der Waals surface area contributed by atoms with Crippen molar-refractivity contribution in [2.75, 3.05) is 0 Å². The number of carbonyl (C=O) groups excluding carboxylic acids is 1. The van der Waals surface area contributed by atoms with Gasteiger partial charge in [-0.05, 0) is 38.5 Å². The average Bonchev–Trinajstić information content (AvgIpc) is 2.38. The van der Waals surface area contributed by atoms with Gasteiger partial charge < -0.3 is 4.42 Å². The van der Waals surface area contributed by atoms with Crippen molar-refractivity contribution in [2.24, 2.45) is 0 Å². The van der Waals surface area contributed by atoms with Crippen LogP contribution in [0.15, 0.2) is 27.4 Å². The van der Waals surface area contributed by atoms with Crippen LogP contribution in [0.4, 0.5) is 4.39 Å². The molecule has 20 heavy (non-hydrogen) atoms. The second-order valence-corrected chi connectivity index (χ2v) is 5.15. The van der Waals surface area contributed by atoms with E-state index in [9.17, 15) is 14.0 Å². The minimum atomic E-state index is -1.27. The molecule has 1 aromatic heterocycles. The summed E-state index contributed by atoms with van der Waals surface area (Å²) in [7, 11) is 0. The first-order valence-corrected chi connectivity index (χ1v) is 5.96. The van der Waals surface area contributed by atoms with Gasteiger partial charge in [0, 0.05) is 11.5 Å². The van der Waals surface area contributed by atoms with Crippen molar-refractivity contribution < 1.29 is 18.8 Å². The van der Waals surface area contributed by atoms with Crippen molar-refractivity contribution in [3.63, 3.8) is 0 Å². The van der Waals surface area contributed by atoms with E-state index in [-0.39, 0.29) is 11.1 Å². The smallest absolute Gasteiger partial charge is 0.340 e. The molecular weight excluding hydrogens is 265 g/mol. The number of rotatable bonds is 2. The van der Waals surface area contributed by atoms with Crippen LogP contribution >= 0.6 is 0 Å². The van der Waals surface area contributed by atoms with Gasteiger partial charge in [0.05, 0.1) is 11.0 Å². The largest absolute Gasteiger partial charge is 0.422 e. The number of hydrogen-bond acceptors (Lipinski definition) is 4. The Bertz CT molecular complexity index is 749. The fraction of sp³-hybridized carbons (Fsp3) is 0.286. The molecule has 0 aliphatic rings. The Morgan fingerprint density at radius 3 is 2.60 bits per heavy atom. The van der Waals surface area contributed by atoms with Crippen LogP contribution in [0, 0.1) is 12.7 Å². The molecule has 1 aromatic carbocycles. The summed E-state index contributed by atoms with van der Waals surface area (Å²) < 4.78 is 18.5. The molecule has 6 heteroatoms. The normalized spacial score (nSPS) is 11.7. The molecular formula is C14H14FNO4. The monoisotopic (exact) mass is 279 g/mol. The lowest BCUT2D eigenvalue weighted by Crippen LogP contribution is -2.41. The zero-order valence-electron chi connectivity index (χ0n) is 11.3. The third kappa shape index (κ3) is 2.18. The van der Waals surface area contributed by atoms with E-state index >= 15 is 0 Å². The van der Waals surface area contributed by atoms with Crippen LogP contribution < -0.4 is 11.1 Å². The van der Waals surface area contributed by atoms with Crippen molar-refractivity contribution in [1.82, 2.24) is 5.48 Å². The van der Waals surface area contributed by atoms with Gasteiger partial charge in [0.2, 0.25) is 0 Å². The predicted molar refractivity (Wildman–Crippen MR) is 70.1 cm³/mol. The maximum absolute atomic E-state index is 13.4. The Kier molecular flexibility index (Phi) is 3.35. The molecule has 1 heterocycles. The standard InChI is InChI=1S/C14H14FNO4/c1-7-4-8-5-9(14(2,3)13(18)16-19)12(17)20-11(8)6-10(7)15/h4-6,19H,1-3H3,(H,16,18). The lowest BCUT2D eigenvalue weighted by Gasteiger charge is -2.21. The molecule has 0 fully saturated rings. The Morgan fingerprint density at radius 2 is 2.00 bits per heavy atom. The van der Waals surface area contributed by atoms with Crippen LogP contribution in [0.3, 0.4) is 0 Å². The topological polar surface area (TPSA) is 79.5 Å². The van der Waals surface area contributed by atoms with E-state index in [0.717, 1.165) is 6.07 Å². The van der Waals surface area contributed by atoms with E-state index in [1.165, 1.54) is 31.5 Å². The highest BCUT2D eigenvalue weighted by atomic mass is 19.1. The molecule has 0 atom stereocenters. The highest BCUT2D eigenvalue weighted by molar-refractivity contribution is 5.88. The number of hydrogen-bond donors (Lipinski definition) is 2. The molecule has 5 nitrogen and oxygen atoms in total. The molecule has 106 valence electrons. The first-order chi connectivity index (χ1) is 9.27. The number of benzene rings is 1. The van der Waals surface area contributed by atoms with Gasteiger partial charge in [-0.3, -0.25) is 10.0 Å². The third-order valence-corrected chi connectivity index (χ3v) is 3.36. The maximum atomic E-state index is 13.4. The lowest BCUT2D eigenvalue weighted by molar-refractivity contribution is -0.134. The van der Waals surface area contributed by atoms with E-state index in [2.05, 4.69) is 0 Å². The van der Waals surface area contributed by atoms with Gasteiger partial charge in [-0.25, -0.2) is 14.7 Å². The summed E-state index contributed by atoms with van der Waals surface area (Å²) >= 11 is 0. The van der Waals surface area contributed by atoms with Gasteiger partial charge >= 0.3 is 5.63 Å². The van der Waals surface area contributed by atoms with E-state index in [4.69, 9.17) is 9.62 Å². The van der Waals surface area contributed by atoms with E-state index in [0.29, 0.717) is 10.9 Å². The lowest BCUT2D eigenvalue weighted by atomic mass is 9.84. The summed E-state index contributed by atoms with van der Waals surface area (Å²) in [5, 5.41) is 9.25. The first kappa shape index (κ1) is 14.2. The first-order valence-electron chi connectivity index (χ1n) is 5.96. The summed E-state index contributed by atoms with van der Waals surface area (Å²) in [6.45, 7) is 4.55. The van der Waals surface area contributed by atoms with E-state index in [1.807, 2.05) is 0 Å². The minimum Gasteiger partial charge on any atom is -0.422 e. The summed E-state index contributed by atoms with van der Waals surface area (Å²) in [5.74, 6) is -1.20. The molecule has 2 rings (SSSR count). The fourth-order valence-corrected chi connectivity index (χ4v) is 1.95. The van der Waals surface area contributed by atoms with Gasteiger partial charge in [-0.2, -0.15) is 0 Å². The van der Waals surface area contributed by atoms with Gasteiger partial charge in [-0.15, -0.1) is 0 Å². The number of hydroxylamine groups is 1. The molecule has 0 radical (unpaired) electrons. The zero-order valence-corrected chi connectivity index (χ0v) is 11.3. The average molecular weight is 279 g/mol. The van der Waals surface area contributed by atoms with Gasteiger partial charge in [0.15, 0.2) is 0 Å². The predicted octanol–water partition coefficient (Wildman–Crippen LogP) is 2.02. The summed E-state index contributed by atoms with van der Waals surface area (Å²) in [6, 6.07) is 4.14. The number of fused-ring (bicyclic) bond motifs is 1. The molecule has 0 saturated carbocycles. The molecule has 2 aromatic rings. The summed E-state index contributed by atoms with van der Waals surface area (Å²) in [4.78, 5) is 23.6. The Labute approximate surface area is 114 Å². The number of halogens is 1. The van der Waals surface area contributed by atoms with Crippen molar-refractivity contribution in [3.05, 3.63) is 45.6 Å². The molecule has 0 aliphatic heterocycles. The van der Waals surface area contributed by atoms with Crippen molar-refractivity contribution in [3.8, 4) is 0 Å². The van der Waals surface area contributed by atoms with Gasteiger partial charge in [-0.1, -0.05) is 0 Å². The number of carbonyl (C=O) groups is 1. The van der Waals surface area contributed by atoms with Crippen LogP contribution in [0.25, 0.3) is 11.0 Å². The maximum Gasteiger partial charge on any atom is 0.340 e.